The van der Waals surface area contributed by atoms with Crippen LogP contribution in [-0.2, 0) is 0 Å². The van der Waals surface area contributed by atoms with Crippen LogP contribution in [0.25, 0.3) is 43.8 Å². The van der Waals surface area contributed by atoms with Crippen LogP contribution in [0, 0.1) is 0 Å². The average Bonchev–Trinajstić information content (AvgIpc) is 3.30. The van der Waals surface area contributed by atoms with Gasteiger partial charge in [0.1, 0.15) is 5.82 Å². The molecule has 0 aliphatic carbocycles. The zero-order valence-electron chi connectivity index (χ0n) is 12.7. The Kier molecular flexibility index (Phi) is 2.96. The molecule has 0 saturated carbocycles. The Balaban J connectivity index is 1.63. The Morgan fingerprint density at radius 3 is 2.62 bits per heavy atom. The second-order valence-electron chi connectivity index (χ2n) is 5.72. The number of nitrogens with one attached hydrogen (secondary N) is 1. The van der Waals surface area contributed by atoms with Gasteiger partial charge in [-0.05, 0) is 34.4 Å². The van der Waals surface area contributed by atoms with E-state index in [1.807, 2.05) is 6.20 Å². The molecular weight excluding hydrogens is 314 g/mol. The fourth-order valence-corrected chi connectivity index (χ4v) is 3.66. The minimum atomic E-state index is 0.749. The van der Waals surface area contributed by atoms with Crippen LogP contribution in [0.15, 0.2) is 72.2 Å². The minimum Gasteiger partial charge on any atom is -0.337 e. The maximum atomic E-state index is 4.65. The second-order valence-corrected chi connectivity index (χ2v) is 6.67. The summed E-state index contributed by atoms with van der Waals surface area (Å²) in [5.74, 6) is 0.853. The number of rotatable bonds is 2. The molecule has 0 aliphatic heterocycles. The Labute approximate surface area is 142 Å². The third-order valence-corrected chi connectivity index (χ3v) is 5.08. The maximum absolute atomic E-state index is 4.65. The van der Waals surface area contributed by atoms with Crippen molar-refractivity contribution in [2.75, 3.05) is 0 Å². The molecule has 0 unspecified atom stereocenters. The lowest BCUT2D eigenvalue weighted by Gasteiger charge is -2.00. The van der Waals surface area contributed by atoms with Gasteiger partial charge in [0.15, 0.2) is 5.65 Å². The number of fused-ring (bicyclic) bond motifs is 2. The van der Waals surface area contributed by atoms with Crippen LogP contribution >= 0.6 is 11.3 Å². The Morgan fingerprint density at radius 2 is 1.75 bits per heavy atom. The van der Waals surface area contributed by atoms with E-state index in [-0.39, 0.29) is 0 Å². The molecule has 2 aromatic carbocycles. The predicted molar refractivity (Wildman–Crippen MR) is 100 cm³/mol. The summed E-state index contributed by atoms with van der Waals surface area (Å²) in [6.07, 6.45) is 1.89. The number of aromatic nitrogens is 3. The highest BCUT2D eigenvalue weighted by molar-refractivity contribution is 7.13. The Morgan fingerprint density at radius 1 is 0.833 bits per heavy atom. The molecule has 0 radical (unpaired) electrons. The van der Waals surface area contributed by atoms with Crippen molar-refractivity contribution in [2.24, 2.45) is 0 Å². The van der Waals surface area contributed by atoms with Gasteiger partial charge in [0, 0.05) is 22.2 Å². The normalized spacial score (nSPS) is 11.3. The topological polar surface area (TPSA) is 41.6 Å². The molecule has 0 aliphatic rings. The summed E-state index contributed by atoms with van der Waals surface area (Å²) < 4.78 is 0. The van der Waals surface area contributed by atoms with E-state index in [1.54, 1.807) is 11.3 Å². The summed E-state index contributed by atoms with van der Waals surface area (Å²) in [6.45, 7) is 0. The minimum absolute atomic E-state index is 0.749. The third kappa shape index (κ3) is 2.20. The summed E-state index contributed by atoms with van der Waals surface area (Å²) >= 11 is 1.71. The van der Waals surface area contributed by atoms with Crippen molar-refractivity contribution in [3.05, 3.63) is 72.2 Å². The van der Waals surface area contributed by atoms with Crippen LogP contribution in [-0.4, -0.2) is 15.0 Å². The molecule has 4 heteroatoms. The fourth-order valence-electron chi connectivity index (χ4n) is 2.95. The molecular formula is C20H13N3S. The first kappa shape index (κ1) is 13.5. The van der Waals surface area contributed by atoms with Crippen LogP contribution < -0.4 is 0 Å². The Bertz CT molecular complexity index is 1160. The largest absolute Gasteiger partial charge is 0.337 e. The molecule has 24 heavy (non-hydrogen) atoms. The van der Waals surface area contributed by atoms with Gasteiger partial charge in [0.05, 0.1) is 5.52 Å². The van der Waals surface area contributed by atoms with Crippen molar-refractivity contribution in [1.29, 1.82) is 0 Å². The molecule has 0 atom stereocenters. The zero-order valence-corrected chi connectivity index (χ0v) is 13.5. The summed E-state index contributed by atoms with van der Waals surface area (Å²) in [6, 6.07) is 21.0. The number of thiophene rings is 1. The van der Waals surface area contributed by atoms with Crippen molar-refractivity contribution in [3.63, 3.8) is 0 Å². The smallest absolute Gasteiger partial charge is 0.178 e. The molecule has 0 bridgehead atoms. The number of nitrogens with zero attached hydrogens (tertiary/aromatic N) is 2. The number of imidazole rings is 1. The standard InChI is InChI=1S/C20H13N3S/c1-2-5-14-10-15(8-7-13(14)4-1)19-22-17-11-16(12-21-20(17)23-19)18-6-3-9-24-18/h1-12H,(H,21,22,23). The molecule has 3 aromatic heterocycles. The van der Waals surface area contributed by atoms with Crippen molar-refractivity contribution < 1.29 is 0 Å². The molecule has 1 N–H and O–H groups in total. The Hall–Kier alpha value is -2.98. The molecule has 3 nitrogen and oxygen atoms in total. The average molecular weight is 327 g/mol. The summed E-state index contributed by atoms with van der Waals surface area (Å²) in [5.41, 5.74) is 3.90. The van der Waals surface area contributed by atoms with E-state index in [9.17, 15) is 0 Å². The highest BCUT2D eigenvalue weighted by Gasteiger charge is 2.09. The molecule has 0 fully saturated rings. The fraction of sp³-hybridized carbons (Fsp3) is 0. The molecule has 0 amide bonds. The zero-order chi connectivity index (χ0) is 15.9. The van der Waals surface area contributed by atoms with Crippen LogP contribution in [0.4, 0.5) is 0 Å². The van der Waals surface area contributed by atoms with Gasteiger partial charge in [-0.25, -0.2) is 9.97 Å². The van der Waals surface area contributed by atoms with E-state index in [1.165, 1.54) is 15.6 Å². The van der Waals surface area contributed by atoms with E-state index in [0.717, 1.165) is 28.1 Å². The first-order valence-corrected chi connectivity index (χ1v) is 8.64. The van der Waals surface area contributed by atoms with Crippen molar-refractivity contribution in [2.45, 2.75) is 0 Å². The number of benzene rings is 2. The molecule has 0 saturated heterocycles. The predicted octanol–water partition coefficient (Wildman–Crippen LogP) is 5.51. The molecule has 5 rings (SSSR count). The van der Waals surface area contributed by atoms with E-state index >= 15 is 0 Å². The van der Waals surface area contributed by atoms with Gasteiger partial charge in [-0.3, -0.25) is 0 Å². The number of hydrogen-bond acceptors (Lipinski definition) is 3. The SMILES string of the molecule is c1csc(-c2cnc3nc(-c4ccc5ccccc5c4)[nH]c3c2)c1. The molecule has 5 aromatic rings. The molecule has 0 spiro atoms. The van der Waals surface area contributed by atoms with E-state index in [2.05, 4.69) is 81.0 Å². The summed E-state index contributed by atoms with van der Waals surface area (Å²) in [7, 11) is 0. The van der Waals surface area contributed by atoms with Crippen molar-refractivity contribution in [1.82, 2.24) is 15.0 Å². The maximum Gasteiger partial charge on any atom is 0.178 e. The summed E-state index contributed by atoms with van der Waals surface area (Å²) in [4.78, 5) is 13.8. The highest BCUT2D eigenvalue weighted by Crippen LogP contribution is 2.28. The van der Waals surface area contributed by atoms with E-state index in [0.29, 0.717) is 0 Å². The monoisotopic (exact) mass is 327 g/mol. The molecule has 3 heterocycles. The summed E-state index contributed by atoms with van der Waals surface area (Å²) in [5, 5.41) is 4.52. The van der Waals surface area contributed by atoms with Gasteiger partial charge in [0.25, 0.3) is 0 Å². The van der Waals surface area contributed by atoms with E-state index < -0.39 is 0 Å². The third-order valence-electron chi connectivity index (χ3n) is 4.17. The van der Waals surface area contributed by atoms with Crippen LogP contribution in [0.3, 0.4) is 0 Å². The lowest BCUT2D eigenvalue weighted by Crippen LogP contribution is -1.81. The van der Waals surface area contributed by atoms with Crippen LogP contribution in [0.1, 0.15) is 0 Å². The van der Waals surface area contributed by atoms with Crippen LogP contribution in [0.5, 0.6) is 0 Å². The number of hydrogen-bond donors (Lipinski definition) is 1. The lowest BCUT2D eigenvalue weighted by molar-refractivity contribution is 1.30. The number of aromatic amines is 1. The quantitative estimate of drug-likeness (QED) is 0.465. The van der Waals surface area contributed by atoms with Gasteiger partial charge in [0.2, 0.25) is 0 Å². The van der Waals surface area contributed by atoms with Crippen molar-refractivity contribution >= 4 is 33.3 Å². The first-order valence-electron chi connectivity index (χ1n) is 7.76. The van der Waals surface area contributed by atoms with E-state index in [4.69, 9.17) is 0 Å². The van der Waals surface area contributed by atoms with Gasteiger partial charge >= 0.3 is 0 Å². The van der Waals surface area contributed by atoms with Gasteiger partial charge < -0.3 is 4.98 Å². The van der Waals surface area contributed by atoms with Gasteiger partial charge in [-0.15, -0.1) is 11.3 Å². The highest BCUT2D eigenvalue weighted by atomic mass is 32.1. The number of pyridine rings is 1. The molecule has 114 valence electrons. The van der Waals surface area contributed by atoms with Gasteiger partial charge in [-0.1, -0.05) is 42.5 Å². The lowest BCUT2D eigenvalue weighted by atomic mass is 10.1. The van der Waals surface area contributed by atoms with Gasteiger partial charge in [-0.2, -0.15) is 0 Å². The van der Waals surface area contributed by atoms with Crippen LogP contribution in [0.2, 0.25) is 0 Å². The second kappa shape index (κ2) is 5.28. The number of H-pyrrole nitrogens is 1. The first-order chi connectivity index (χ1) is 11.9. The van der Waals surface area contributed by atoms with Crippen molar-refractivity contribution in [3.8, 4) is 21.8 Å².